The van der Waals surface area contributed by atoms with Crippen LogP contribution in [-0.4, -0.2) is 106 Å². The predicted molar refractivity (Wildman–Crippen MR) is 248 cm³/mol. The first-order valence-electron chi connectivity index (χ1n) is 22.3. The van der Waals surface area contributed by atoms with Crippen molar-refractivity contribution >= 4 is 11.9 Å². The molecule has 0 spiro atoms. The van der Waals surface area contributed by atoms with Gasteiger partial charge in [-0.3, -0.25) is 14.2 Å². The average molecular weight is 833 g/mol. The Kier molecular flexibility index (Phi) is 39.4. The van der Waals surface area contributed by atoms with E-state index in [1.165, 1.54) is 82.6 Å². The Morgan fingerprint density at radius 2 is 1.02 bits per heavy atom. The number of carbonyl (C=O) groups excluding carboxylic acids is 2. The summed E-state index contributed by atoms with van der Waals surface area (Å²) in [4.78, 5) is 26.9. The minimum Gasteiger partial charge on any atom is -0.464 e. The number of rotatable bonds is 25. The van der Waals surface area contributed by atoms with Gasteiger partial charge in [0.05, 0.1) is 17.8 Å². The Balaban J connectivity index is -0.000000696. The zero-order valence-electron chi connectivity index (χ0n) is 40.8. The van der Waals surface area contributed by atoms with Gasteiger partial charge < -0.3 is 19.3 Å². The molecule has 12 nitrogen and oxygen atoms in total. The summed E-state index contributed by atoms with van der Waals surface area (Å²) in [6.07, 6.45) is 26.1. The minimum atomic E-state index is -0.334. The maximum absolute atomic E-state index is 12.2. The van der Waals surface area contributed by atoms with Crippen LogP contribution in [0.3, 0.4) is 0 Å². The Hall–Kier alpha value is -3.38. The molecule has 0 fully saturated rings. The van der Waals surface area contributed by atoms with Crippen LogP contribution in [0, 0.1) is 10.8 Å². The van der Waals surface area contributed by atoms with Gasteiger partial charge in [-0.2, -0.15) is 0 Å². The SMILES string of the molecule is C=C(C)C.C=C(C)C(=O)OCCN(C)C.CCC(C)(CCC(C)(C)C)C(=O)OCCN(C)C.CCCCCCCCn1ccnn1.CCCCCCCCn1ccnn1. The molecule has 0 aromatic carbocycles. The zero-order valence-corrected chi connectivity index (χ0v) is 40.8. The van der Waals surface area contributed by atoms with E-state index in [0.717, 1.165) is 45.4 Å². The fourth-order valence-electron chi connectivity index (χ4n) is 4.83. The molecule has 59 heavy (non-hydrogen) atoms. The summed E-state index contributed by atoms with van der Waals surface area (Å²) in [5, 5.41) is 15.4. The predicted octanol–water partition coefficient (Wildman–Crippen LogP) is 10.9. The van der Waals surface area contributed by atoms with Gasteiger partial charge in [-0.25, -0.2) is 4.79 Å². The number of allylic oxidation sites excluding steroid dienone is 1. The highest BCUT2D eigenvalue weighted by molar-refractivity contribution is 5.86. The molecular formula is C47H92N8O4. The molecule has 0 radical (unpaired) electrons. The Bertz CT molecular complexity index is 1210. The highest BCUT2D eigenvalue weighted by atomic mass is 16.5. The number of likely N-dealkylation sites (N-methyl/N-ethyl adjacent to an activating group) is 2. The van der Waals surface area contributed by atoms with E-state index in [9.17, 15) is 9.59 Å². The second-order valence-corrected chi connectivity index (χ2v) is 17.7. The molecule has 2 rings (SSSR count). The molecule has 0 bridgehead atoms. The fraction of sp³-hybridized carbons (Fsp3) is 0.787. The summed E-state index contributed by atoms with van der Waals surface area (Å²) < 4.78 is 14.0. The molecule has 0 aliphatic heterocycles. The van der Waals surface area contributed by atoms with E-state index in [-0.39, 0.29) is 22.8 Å². The van der Waals surface area contributed by atoms with E-state index in [1.54, 1.807) is 19.3 Å². The number of nitrogens with zero attached hydrogens (tertiary/aromatic N) is 8. The molecule has 344 valence electrons. The number of aromatic nitrogens is 6. The molecule has 1 unspecified atom stereocenters. The van der Waals surface area contributed by atoms with Gasteiger partial charge in [0.15, 0.2) is 0 Å². The van der Waals surface area contributed by atoms with Gasteiger partial charge in [0, 0.05) is 44.1 Å². The Labute approximate surface area is 362 Å². The Morgan fingerprint density at radius 3 is 1.34 bits per heavy atom. The highest BCUT2D eigenvalue weighted by Gasteiger charge is 2.34. The van der Waals surface area contributed by atoms with Crippen molar-refractivity contribution in [3.63, 3.8) is 0 Å². The molecule has 0 saturated heterocycles. The Morgan fingerprint density at radius 1 is 0.627 bits per heavy atom. The van der Waals surface area contributed by atoms with Crippen LogP contribution in [0.5, 0.6) is 0 Å². The summed E-state index contributed by atoms with van der Waals surface area (Å²) in [7, 11) is 7.81. The summed E-state index contributed by atoms with van der Waals surface area (Å²) in [6, 6.07) is 0. The molecule has 2 aromatic heterocycles. The maximum atomic E-state index is 12.2. The number of hydrogen-bond acceptors (Lipinski definition) is 10. The van der Waals surface area contributed by atoms with Gasteiger partial charge in [0.1, 0.15) is 13.2 Å². The largest absolute Gasteiger partial charge is 0.464 e. The van der Waals surface area contributed by atoms with E-state index >= 15 is 0 Å². The van der Waals surface area contributed by atoms with Gasteiger partial charge in [-0.1, -0.05) is 128 Å². The number of carbonyl (C=O) groups is 2. The molecule has 0 aliphatic carbocycles. The van der Waals surface area contributed by atoms with Gasteiger partial charge in [-0.05, 0) is 93.4 Å². The van der Waals surface area contributed by atoms with Crippen molar-refractivity contribution in [1.29, 1.82) is 0 Å². The monoisotopic (exact) mass is 833 g/mol. The lowest BCUT2D eigenvalue weighted by Crippen LogP contribution is -2.32. The molecule has 0 saturated carbocycles. The first-order chi connectivity index (χ1) is 27.7. The van der Waals surface area contributed by atoms with Crippen molar-refractivity contribution in [3.05, 3.63) is 49.1 Å². The normalized spacial score (nSPS) is 11.7. The quantitative estimate of drug-likeness (QED) is 0.0414. The standard InChI is InChI=1S/C15H31NO2.2C10H19N3.C8H15NO2.C4H8/c1-8-15(5,10-9-14(2,3)4)13(17)18-12-11-16(6)7;2*1-2-3-4-5-6-7-9-13-10-8-11-12-13;1-7(2)8(10)11-6-5-9(3)4;1-4(2)3/h8-12H2,1-7H3;2*8,10H,2-7,9H2,1H3;1,5-6H2,2-4H3;1H2,2-3H3. The molecule has 1 atom stereocenters. The third kappa shape index (κ3) is 44.0. The van der Waals surface area contributed by atoms with Crippen molar-refractivity contribution in [2.75, 3.05) is 54.5 Å². The second kappa shape index (κ2) is 38.8. The molecule has 12 heteroatoms. The number of hydrogen-bond donors (Lipinski definition) is 0. The van der Waals surface area contributed by atoms with E-state index < -0.39 is 0 Å². The molecule has 2 aromatic rings. The first-order valence-corrected chi connectivity index (χ1v) is 22.3. The summed E-state index contributed by atoms with van der Waals surface area (Å²) in [6.45, 7) is 32.3. The van der Waals surface area contributed by atoms with Crippen molar-refractivity contribution in [3.8, 4) is 0 Å². The number of ether oxygens (including phenoxy) is 2. The molecular weight excluding hydrogens is 741 g/mol. The lowest BCUT2D eigenvalue weighted by molar-refractivity contribution is -0.156. The summed E-state index contributed by atoms with van der Waals surface area (Å²) >= 11 is 0. The van der Waals surface area contributed by atoms with Crippen LogP contribution < -0.4 is 0 Å². The van der Waals surface area contributed by atoms with Crippen LogP contribution in [-0.2, 0) is 32.2 Å². The van der Waals surface area contributed by atoms with Crippen LogP contribution in [0.1, 0.15) is 166 Å². The van der Waals surface area contributed by atoms with Gasteiger partial charge in [0.2, 0.25) is 0 Å². The number of esters is 2. The topological polar surface area (TPSA) is 120 Å². The lowest BCUT2D eigenvalue weighted by Gasteiger charge is -2.29. The summed E-state index contributed by atoms with van der Waals surface area (Å²) in [5.41, 5.74) is 1.55. The third-order valence-electron chi connectivity index (χ3n) is 9.02. The average Bonchev–Trinajstić information content (AvgIpc) is 3.89. The van der Waals surface area contributed by atoms with Crippen molar-refractivity contribution in [2.24, 2.45) is 10.8 Å². The van der Waals surface area contributed by atoms with E-state index in [0.29, 0.717) is 18.8 Å². The minimum absolute atomic E-state index is 0.0453. The highest BCUT2D eigenvalue weighted by Crippen LogP contribution is 2.34. The zero-order chi connectivity index (χ0) is 45.5. The van der Waals surface area contributed by atoms with Gasteiger partial charge >= 0.3 is 11.9 Å². The van der Waals surface area contributed by atoms with Crippen molar-refractivity contribution < 1.29 is 19.1 Å². The molecule has 0 aliphatic rings. The van der Waals surface area contributed by atoms with Crippen LogP contribution in [0.15, 0.2) is 49.1 Å². The van der Waals surface area contributed by atoms with Crippen molar-refractivity contribution in [2.45, 2.75) is 179 Å². The maximum Gasteiger partial charge on any atom is 0.333 e. The van der Waals surface area contributed by atoms with Gasteiger partial charge in [0.25, 0.3) is 0 Å². The smallest absolute Gasteiger partial charge is 0.333 e. The van der Waals surface area contributed by atoms with E-state index in [1.807, 2.05) is 80.5 Å². The molecule has 0 N–H and O–H groups in total. The van der Waals surface area contributed by atoms with Crippen LogP contribution in [0.25, 0.3) is 0 Å². The molecule has 2 heterocycles. The van der Waals surface area contributed by atoms with Crippen LogP contribution in [0.4, 0.5) is 0 Å². The van der Waals surface area contributed by atoms with E-state index in [4.69, 9.17) is 9.47 Å². The number of aryl methyl sites for hydroxylation is 2. The van der Waals surface area contributed by atoms with Gasteiger partial charge in [-0.15, -0.1) is 16.8 Å². The fourth-order valence-corrected chi connectivity index (χ4v) is 4.83. The van der Waals surface area contributed by atoms with Crippen LogP contribution >= 0.6 is 0 Å². The van der Waals surface area contributed by atoms with Crippen molar-refractivity contribution in [1.82, 2.24) is 39.8 Å². The van der Waals surface area contributed by atoms with E-state index in [2.05, 4.69) is 75.3 Å². The van der Waals surface area contributed by atoms with Crippen LogP contribution in [0.2, 0.25) is 0 Å². The second-order valence-electron chi connectivity index (χ2n) is 17.7. The lowest BCUT2D eigenvalue weighted by atomic mass is 9.77. The summed E-state index contributed by atoms with van der Waals surface area (Å²) in [5.74, 6) is -0.358. The molecule has 0 amide bonds. The third-order valence-corrected chi connectivity index (χ3v) is 9.02. The first kappa shape index (κ1) is 59.9. The number of unbranched alkanes of at least 4 members (excludes halogenated alkanes) is 10.